The number of nitrogens with zero attached hydrogens (tertiary/aromatic N) is 2. The molecule has 0 radical (unpaired) electrons. The van der Waals surface area contributed by atoms with Gasteiger partial charge in [0.15, 0.2) is 0 Å². The Kier molecular flexibility index (Phi) is 8.14. The molecular formula is C22H24Cl2N4O3. The summed E-state index contributed by atoms with van der Waals surface area (Å²) in [6.45, 7) is 2.87. The average molecular weight is 463 g/mol. The number of carbonyl (C=O) groups is 3. The van der Waals surface area contributed by atoms with E-state index in [0.717, 1.165) is 18.8 Å². The topological polar surface area (TPSA) is 81.8 Å². The predicted octanol–water partition coefficient (Wildman–Crippen LogP) is 2.58. The Bertz CT molecular complexity index is 932. The summed E-state index contributed by atoms with van der Waals surface area (Å²) in [5.74, 6) is -0.839. The van der Waals surface area contributed by atoms with Crippen LogP contribution in [0.5, 0.6) is 0 Å². The SMILES string of the molecule is O=C(CNC(=O)c1ccc(Cl)cc1Cl)NCCC(=O)N1CCN(c2ccccc2)CC1. The van der Waals surface area contributed by atoms with Crippen molar-refractivity contribution in [1.29, 1.82) is 0 Å². The highest BCUT2D eigenvalue weighted by molar-refractivity contribution is 6.36. The van der Waals surface area contributed by atoms with E-state index in [0.29, 0.717) is 18.1 Å². The molecule has 9 heteroatoms. The lowest BCUT2D eigenvalue weighted by atomic mass is 10.2. The fourth-order valence-corrected chi connectivity index (χ4v) is 3.81. The van der Waals surface area contributed by atoms with Crippen molar-refractivity contribution in [2.24, 2.45) is 0 Å². The first-order valence-electron chi connectivity index (χ1n) is 10.0. The number of carbonyl (C=O) groups excluding carboxylic acids is 3. The van der Waals surface area contributed by atoms with Gasteiger partial charge in [0.25, 0.3) is 5.91 Å². The average Bonchev–Trinajstić information content (AvgIpc) is 2.78. The summed E-state index contributed by atoms with van der Waals surface area (Å²) < 4.78 is 0. The summed E-state index contributed by atoms with van der Waals surface area (Å²) in [6, 6.07) is 14.6. The van der Waals surface area contributed by atoms with Crippen molar-refractivity contribution in [2.75, 3.05) is 44.2 Å². The van der Waals surface area contributed by atoms with Crippen LogP contribution in [-0.4, -0.2) is 61.9 Å². The third kappa shape index (κ3) is 6.60. The number of hydrogen-bond donors (Lipinski definition) is 2. The van der Waals surface area contributed by atoms with E-state index < -0.39 is 5.91 Å². The van der Waals surface area contributed by atoms with Crippen molar-refractivity contribution >= 4 is 46.6 Å². The Labute approximate surface area is 191 Å². The number of piperazine rings is 1. The number of anilines is 1. The zero-order valence-corrected chi connectivity index (χ0v) is 18.5. The van der Waals surface area contributed by atoms with Crippen LogP contribution in [-0.2, 0) is 9.59 Å². The molecule has 164 valence electrons. The maximum Gasteiger partial charge on any atom is 0.253 e. The Balaban J connectivity index is 1.34. The Morgan fingerprint density at radius 3 is 2.29 bits per heavy atom. The number of rotatable bonds is 7. The number of benzene rings is 2. The predicted molar refractivity (Wildman–Crippen MR) is 122 cm³/mol. The minimum Gasteiger partial charge on any atom is -0.368 e. The molecule has 0 saturated carbocycles. The Morgan fingerprint density at radius 2 is 1.61 bits per heavy atom. The summed E-state index contributed by atoms with van der Waals surface area (Å²) in [5.41, 5.74) is 1.40. The molecule has 0 atom stereocenters. The van der Waals surface area contributed by atoms with Gasteiger partial charge in [-0.1, -0.05) is 41.4 Å². The maximum absolute atomic E-state index is 12.4. The molecule has 0 spiro atoms. The zero-order chi connectivity index (χ0) is 22.2. The first-order valence-corrected chi connectivity index (χ1v) is 10.8. The van der Waals surface area contributed by atoms with Crippen LogP contribution in [0.25, 0.3) is 0 Å². The normalized spacial score (nSPS) is 13.6. The molecule has 3 rings (SSSR count). The summed E-state index contributed by atoms with van der Waals surface area (Å²) in [5, 5.41) is 5.79. The second kappa shape index (κ2) is 11.0. The standard InChI is InChI=1S/C22H24Cl2N4O3/c23-16-6-7-18(19(24)14-16)22(31)26-15-20(29)25-9-8-21(30)28-12-10-27(11-13-28)17-4-2-1-3-5-17/h1-7,14H,8-13,15H2,(H,25,29)(H,26,31). The molecule has 1 fully saturated rings. The van der Waals surface area contributed by atoms with Crippen molar-refractivity contribution in [2.45, 2.75) is 6.42 Å². The van der Waals surface area contributed by atoms with Gasteiger partial charge in [-0.05, 0) is 30.3 Å². The Hall–Kier alpha value is -2.77. The molecule has 2 aromatic carbocycles. The first-order chi connectivity index (χ1) is 14.9. The van der Waals surface area contributed by atoms with E-state index in [2.05, 4.69) is 27.7 Å². The van der Waals surface area contributed by atoms with Crippen LogP contribution in [0.15, 0.2) is 48.5 Å². The molecule has 0 unspecified atom stereocenters. The first kappa shape index (κ1) is 22.9. The summed E-state index contributed by atoms with van der Waals surface area (Å²) in [7, 11) is 0. The van der Waals surface area contributed by atoms with Gasteiger partial charge in [0.1, 0.15) is 0 Å². The van der Waals surface area contributed by atoms with Crippen LogP contribution in [0.1, 0.15) is 16.8 Å². The molecular weight excluding hydrogens is 439 g/mol. The van der Waals surface area contributed by atoms with Crippen LogP contribution < -0.4 is 15.5 Å². The summed E-state index contributed by atoms with van der Waals surface area (Å²) in [4.78, 5) is 40.5. The van der Waals surface area contributed by atoms with E-state index in [1.807, 2.05) is 23.1 Å². The second-order valence-electron chi connectivity index (χ2n) is 7.11. The number of hydrogen-bond acceptors (Lipinski definition) is 4. The smallest absolute Gasteiger partial charge is 0.253 e. The molecule has 0 aromatic heterocycles. The lowest BCUT2D eigenvalue weighted by molar-refractivity contribution is -0.131. The van der Waals surface area contributed by atoms with E-state index in [1.165, 1.54) is 12.1 Å². The van der Waals surface area contributed by atoms with Crippen LogP contribution in [0.3, 0.4) is 0 Å². The van der Waals surface area contributed by atoms with Crippen LogP contribution in [0.2, 0.25) is 10.0 Å². The maximum atomic E-state index is 12.4. The monoisotopic (exact) mass is 462 g/mol. The third-order valence-corrected chi connectivity index (χ3v) is 5.55. The number of amides is 3. The molecule has 2 aromatic rings. The summed E-state index contributed by atoms with van der Waals surface area (Å²) >= 11 is 11.8. The van der Waals surface area contributed by atoms with Crippen molar-refractivity contribution in [1.82, 2.24) is 15.5 Å². The van der Waals surface area contributed by atoms with Crippen LogP contribution in [0, 0.1) is 0 Å². The fourth-order valence-electron chi connectivity index (χ4n) is 3.31. The quantitative estimate of drug-likeness (QED) is 0.662. The molecule has 0 bridgehead atoms. The van der Waals surface area contributed by atoms with Gasteiger partial charge < -0.3 is 20.4 Å². The van der Waals surface area contributed by atoms with Gasteiger partial charge in [-0.2, -0.15) is 0 Å². The second-order valence-corrected chi connectivity index (χ2v) is 7.95. The molecule has 0 aliphatic carbocycles. The van der Waals surface area contributed by atoms with Gasteiger partial charge in [-0.25, -0.2) is 0 Å². The van der Waals surface area contributed by atoms with Gasteiger partial charge in [0.2, 0.25) is 11.8 Å². The van der Waals surface area contributed by atoms with Gasteiger partial charge in [-0.15, -0.1) is 0 Å². The van der Waals surface area contributed by atoms with E-state index in [1.54, 1.807) is 6.07 Å². The molecule has 1 heterocycles. The number of para-hydroxylation sites is 1. The van der Waals surface area contributed by atoms with Crippen molar-refractivity contribution in [3.8, 4) is 0 Å². The van der Waals surface area contributed by atoms with E-state index in [4.69, 9.17) is 23.2 Å². The van der Waals surface area contributed by atoms with Gasteiger partial charge in [0, 0.05) is 49.9 Å². The highest BCUT2D eigenvalue weighted by atomic mass is 35.5. The minimum absolute atomic E-state index is 0.00462. The molecule has 2 N–H and O–H groups in total. The fraction of sp³-hybridized carbons (Fsp3) is 0.318. The molecule has 1 saturated heterocycles. The van der Waals surface area contributed by atoms with E-state index >= 15 is 0 Å². The van der Waals surface area contributed by atoms with Gasteiger partial charge in [0.05, 0.1) is 17.1 Å². The Morgan fingerprint density at radius 1 is 0.903 bits per heavy atom. The van der Waals surface area contributed by atoms with E-state index in [9.17, 15) is 14.4 Å². The van der Waals surface area contributed by atoms with Gasteiger partial charge >= 0.3 is 0 Å². The highest BCUT2D eigenvalue weighted by Gasteiger charge is 2.21. The lowest BCUT2D eigenvalue weighted by Gasteiger charge is -2.36. The van der Waals surface area contributed by atoms with Crippen LogP contribution in [0.4, 0.5) is 5.69 Å². The number of halogens is 2. The highest BCUT2D eigenvalue weighted by Crippen LogP contribution is 2.20. The van der Waals surface area contributed by atoms with Gasteiger partial charge in [-0.3, -0.25) is 14.4 Å². The van der Waals surface area contributed by atoms with Crippen LogP contribution >= 0.6 is 23.2 Å². The van der Waals surface area contributed by atoms with Crippen molar-refractivity contribution in [3.63, 3.8) is 0 Å². The minimum atomic E-state index is -0.468. The van der Waals surface area contributed by atoms with Crippen molar-refractivity contribution < 1.29 is 14.4 Å². The molecule has 7 nitrogen and oxygen atoms in total. The molecule has 31 heavy (non-hydrogen) atoms. The molecule has 1 aliphatic rings. The lowest BCUT2D eigenvalue weighted by Crippen LogP contribution is -2.49. The van der Waals surface area contributed by atoms with E-state index in [-0.39, 0.29) is 41.9 Å². The summed E-state index contributed by atoms with van der Waals surface area (Å²) in [6.07, 6.45) is 0.216. The molecule has 3 amide bonds. The number of nitrogens with one attached hydrogen (secondary N) is 2. The molecule has 1 aliphatic heterocycles. The largest absolute Gasteiger partial charge is 0.368 e. The van der Waals surface area contributed by atoms with Crippen molar-refractivity contribution in [3.05, 3.63) is 64.1 Å². The zero-order valence-electron chi connectivity index (χ0n) is 16.9. The third-order valence-electron chi connectivity index (χ3n) is 5.00.